The number of ether oxygens (including phenoxy) is 1. The maximum Gasteiger partial charge on any atom is 0.328 e. The molecule has 0 aromatic heterocycles. The number of sulfone groups is 1. The van der Waals surface area contributed by atoms with E-state index in [1.165, 1.54) is 12.1 Å². The second kappa shape index (κ2) is 6.81. The molecule has 2 fully saturated rings. The smallest absolute Gasteiger partial charge is 0.328 e. The van der Waals surface area contributed by atoms with Gasteiger partial charge in [-0.15, -0.1) is 0 Å². The molecule has 7 heteroatoms. The fourth-order valence-corrected chi connectivity index (χ4v) is 7.19. The SMILES string of the molecule is C=C(CO[Si](C)(C)C(C)(C)C)C1C2CCC1(S(=O)(=O)c1ccccc1)C(=O)O2. The topological polar surface area (TPSA) is 69.7 Å². The number of benzene rings is 1. The molecule has 1 saturated carbocycles. The molecule has 28 heavy (non-hydrogen) atoms. The highest BCUT2D eigenvalue weighted by molar-refractivity contribution is 7.93. The van der Waals surface area contributed by atoms with E-state index in [1.807, 2.05) is 0 Å². The zero-order chi connectivity index (χ0) is 21.0. The zero-order valence-corrected chi connectivity index (χ0v) is 19.1. The van der Waals surface area contributed by atoms with Crippen LogP contribution in [0.3, 0.4) is 0 Å². The first-order chi connectivity index (χ1) is 12.8. The minimum Gasteiger partial charge on any atom is -0.460 e. The lowest BCUT2D eigenvalue weighted by Gasteiger charge is -2.37. The Labute approximate surface area is 169 Å². The lowest BCUT2D eigenvalue weighted by Crippen LogP contribution is -2.48. The third-order valence-electron chi connectivity index (χ3n) is 6.68. The van der Waals surface area contributed by atoms with Gasteiger partial charge in [-0.1, -0.05) is 45.5 Å². The monoisotopic (exact) mass is 422 g/mol. The van der Waals surface area contributed by atoms with Crippen molar-refractivity contribution in [2.45, 2.75) is 67.5 Å². The summed E-state index contributed by atoms with van der Waals surface area (Å²) in [6.45, 7) is 15.1. The zero-order valence-electron chi connectivity index (χ0n) is 17.3. The quantitative estimate of drug-likeness (QED) is 0.392. The maximum absolute atomic E-state index is 13.5. The van der Waals surface area contributed by atoms with Crippen LogP contribution >= 0.6 is 0 Å². The minimum atomic E-state index is -3.91. The van der Waals surface area contributed by atoms with Crippen molar-refractivity contribution in [3.05, 3.63) is 42.5 Å². The Morgan fingerprint density at radius 2 is 1.89 bits per heavy atom. The van der Waals surface area contributed by atoms with Gasteiger partial charge in [0.05, 0.1) is 11.5 Å². The van der Waals surface area contributed by atoms with E-state index >= 15 is 0 Å². The van der Waals surface area contributed by atoms with Crippen LogP contribution in [0.4, 0.5) is 0 Å². The molecular formula is C21H30O5SSi. The molecule has 1 aromatic rings. The molecule has 0 amide bonds. The summed E-state index contributed by atoms with van der Waals surface area (Å²) in [5.74, 6) is -1.22. The largest absolute Gasteiger partial charge is 0.460 e. The molecule has 3 rings (SSSR count). The Hall–Kier alpha value is -1.44. The summed E-state index contributed by atoms with van der Waals surface area (Å²) >= 11 is 0. The van der Waals surface area contributed by atoms with E-state index in [4.69, 9.17) is 9.16 Å². The van der Waals surface area contributed by atoms with Crippen molar-refractivity contribution in [3.63, 3.8) is 0 Å². The molecule has 5 nitrogen and oxygen atoms in total. The molecule has 0 radical (unpaired) electrons. The van der Waals surface area contributed by atoms with Crippen molar-refractivity contribution in [3.8, 4) is 0 Å². The third kappa shape index (κ3) is 3.08. The number of rotatable bonds is 6. The number of esters is 1. The van der Waals surface area contributed by atoms with Gasteiger partial charge in [0.2, 0.25) is 0 Å². The first kappa shape index (κ1) is 21.3. The first-order valence-electron chi connectivity index (χ1n) is 9.67. The van der Waals surface area contributed by atoms with Crippen LogP contribution in [-0.4, -0.2) is 40.2 Å². The Balaban J connectivity index is 1.93. The van der Waals surface area contributed by atoms with E-state index < -0.39 is 40.9 Å². The lowest BCUT2D eigenvalue weighted by molar-refractivity contribution is -0.146. The summed E-state index contributed by atoms with van der Waals surface area (Å²) in [6.07, 6.45) is 0.348. The average Bonchev–Trinajstić information content (AvgIpc) is 3.13. The van der Waals surface area contributed by atoms with Gasteiger partial charge in [-0.05, 0) is 48.7 Å². The number of fused-ring (bicyclic) bond motifs is 2. The Morgan fingerprint density at radius 1 is 1.29 bits per heavy atom. The highest BCUT2D eigenvalue weighted by Gasteiger charge is 2.70. The van der Waals surface area contributed by atoms with Crippen LogP contribution in [-0.2, 0) is 23.8 Å². The number of carbonyl (C=O) groups is 1. The molecule has 3 atom stereocenters. The molecule has 154 valence electrons. The van der Waals surface area contributed by atoms with Crippen LogP contribution < -0.4 is 0 Å². The van der Waals surface area contributed by atoms with Crippen LogP contribution in [0, 0.1) is 5.92 Å². The minimum absolute atomic E-state index is 0.0298. The Kier molecular flexibility index (Phi) is 5.18. The van der Waals surface area contributed by atoms with Gasteiger partial charge < -0.3 is 9.16 Å². The summed E-state index contributed by atoms with van der Waals surface area (Å²) in [7, 11) is -5.94. The van der Waals surface area contributed by atoms with E-state index in [-0.39, 0.29) is 23.0 Å². The fourth-order valence-electron chi connectivity index (χ4n) is 3.97. The third-order valence-corrected chi connectivity index (χ3v) is 13.6. The highest BCUT2D eigenvalue weighted by atomic mass is 32.2. The van der Waals surface area contributed by atoms with Gasteiger partial charge >= 0.3 is 5.97 Å². The first-order valence-corrected chi connectivity index (χ1v) is 14.1. The predicted octanol–water partition coefficient (Wildman–Crippen LogP) is 4.11. The number of carbonyl (C=O) groups excluding carboxylic acids is 1. The molecule has 1 heterocycles. The molecule has 1 aliphatic carbocycles. The normalized spacial score (nSPS) is 27.7. The Bertz CT molecular complexity index is 885. The summed E-state index contributed by atoms with van der Waals surface area (Å²) in [5.41, 5.74) is 0.637. The Morgan fingerprint density at radius 3 is 2.43 bits per heavy atom. The second-order valence-corrected chi connectivity index (χ2v) is 16.4. The molecule has 1 saturated heterocycles. The molecule has 2 bridgehead atoms. The molecule has 3 unspecified atom stereocenters. The van der Waals surface area contributed by atoms with Crippen molar-refractivity contribution in [2.75, 3.05) is 6.61 Å². The van der Waals surface area contributed by atoms with Crippen LogP contribution in [0.15, 0.2) is 47.4 Å². The molecule has 2 aliphatic rings. The summed E-state index contributed by atoms with van der Waals surface area (Å²) in [5, 5.41) is 0.0298. The predicted molar refractivity (Wildman–Crippen MR) is 111 cm³/mol. The van der Waals surface area contributed by atoms with Crippen molar-refractivity contribution in [2.24, 2.45) is 5.92 Å². The van der Waals surface area contributed by atoms with E-state index in [0.717, 1.165) is 0 Å². The van der Waals surface area contributed by atoms with Gasteiger partial charge in [0.1, 0.15) is 6.10 Å². The van der Waals surface area contributed by atoms with Crippen LogP contribution in [0.5, 0.6) is 0 Å². The molecule has 0 spiro atoms. The van der Waals surface area contributed by atoms with Gasteiger partial charge in [0, 0.05) is 5.92 Å². The fraction of sp³-hybridized carbons (Fsp3) is 0.571. The molecular weight excluding hydrogens is 392 g/mol. The van der Waals surface area contributed by atoms with Gasteiger partial charge in [0.15, 0.2) is 22.9 Å². The number of hydrogen-bond donors (Lipinski definition) is 0. The van der Waals surface area contributed by atoms with Gasteiger partial charge in [-0.3, -0.25) is 4.79 Å². The van der Waals surface area contributed by atoms with Crippen LogP contribution in [0.2, 0.25) is 18.1 Å². The van der Waals surface area contributed by atoms with Gasteiger partial charge in [-0.2, -0.15) is 0 Å². The molecule has 1 aromatic carbocycles. The maximum atomic E-state index is 13.5. The lowest BCUT2D eigenvalue weighted by atomic mass is 9.90. The van der Waals surface area contributed by atoms with Crippen molar-refractivity contribution < 1.29 is 22.4 Å². The summed E-state index contributed by atoms with van der Waals surface area (Å²) < 4.78 is 37.2. The summed E-state index contributed by atoms with van der Waals surface area (Å²) in [6, 6.07) is 8.16. The van der Waals surface area contributed by atoms with E-state index in [9.17, 15) is 13.2 Å². The van der Waals surface area contributed by atoms with E-state index in [1.54, 1.807) is 18.2 Å². The second-order valence-electron chi connectivity index (χ2n) is 9.37. The molecule has 1 aliphatic heterocycles. The van der Waals surface area contributed by atoms with Gasteiger partial charge in [0.25, 0.3) is 0 Å². The van der Waals surface area contributed by atoms with Crippen molar-refractivity contribution in [1.82, 2.24) is 0 Å². The van der Waals surface area contributed by atoms with Crippen molar-refractivity contribution in [1.29, 1.82) is 0 Å². The highest BCUT2D eigenvalue weighted by Crippen LogP contribution is 2.54. The summed E-state index contributed by atoms with van der Waals surface area (Å²) in [4.78, 5) is 12.9. The standard InChI is InChI=1S/C21H30O5SSi/c1-15(14-25-28(5,6)20(2,3)4)18-17-12-13-21(18,19(22)26-17)27(23,24)16-10-8-7-9-11-16/h7-11,17-18H,1,12-14H2,2-6H3. The van der Waals surface area contributed by atoms with Crippen molar-refractivity contribution >= 4 is 24.1 Å². The number of hydrogen-bond acceptors (Lipinski definition) is 5. The van der Waals surface area contributed by atoms with Gasteiger partial charge in [-0.25, -0.2) is 8.42 Å². The average molecular weight is 423 g/mol. The van der Waals surface area contributed by atoms with Crippen LogP contribution in [0.25, 0.3) is 0 Å². The van der Waals surface area contributed by atoms with Crippen LogP contribution in [0.1, 0.15) is 33.6 Å². The molecule has 0 N–H and O–H groups in total. The van der Waals surface area contributed by atoms with E-state index in [2.05, 4.69) is 40.4 Å². The van der Waals surface area contributed by atoms with E-state index in [0.29, 0.717) is 12.0 Å².